The third-order valence-electron chi connectivity index (χ3n) is 5.55. The van der Waals surface area contributed by atoms with E-state index < -0.39 is 0 Å². The van der Waals surface area contributed by atoms with Crippen LogP contribution in [0.25, 0.3) is 0 Å². The SMILES string of the molecule is CCCNC(CC1CCCCC1)C1CC1c1ccccc1. The molecule has 0 aromatic heterocycles. The Morgan fingerprint density at radius 2 is 1.86 bits per heavy atom. The van der Waals surface area contributed by atoms with Crippen LogP contribution < -0.4 is 5.32 Å². The minimum atomic E-state index is 0.762. The van der Waals surface area contributed by atoms with Gasteiger partial charge in [0.15, 0.2) is 0 Å². The highest BCUT2D eigenvalue weighted by atomic mass is 14.9. The zero-order valence-electron chi connectivity index (χ0n) is 13.6. The van der Waals surface area contributed by atoms with Crippen LogP contribution in [-0.4, -0.2) is 12.6 Å². The van der Waals surface area contributed by atoms with Crippen molar-refractivity contribution in [2.45, 2.75) is 70.3 Å². The van der Waals surface area contributed by atoms with Crippen molar-refractivity contribution in [2.24, 2.45) is 11.8 Å². The van der Waals surface area contributed by atoms with Crippen LogP contribution in [0.3, 0.4) is 0 Å². The summed E-state index contributed by atoms with van der Waals surface area (Å²) in [6, 6.07) is 11.9. The molecule has 0 radical (unpaired) electrons. The van der Waals surface area contributed by atoms with E-state index in [2.05, 4.69) is 42.6 Å². The van der Waals surface area contributed by atoms with Crippen LogP contribution in [0.15, 0.2) is 30.3 Å². The fraction of sp³-hybridized carbons (Fsp3) is 0.700. The van der Waals surface area contributed by atoms with E-state index in [-0.39, 0.29) is 0 Å². The van der Waals surface area contributed by atoms with Crippen molar-refractivity contribution in [3.05, 3.63) is 35.9 Å². The first-order valence-corrected chi connectivity index (χ1v) is 9.16. The van der Waals surface area contributed by atoms with Gasteiger partial charge in [0.2, 0.25) is 0 Å². The zero-order valence-corrected chi connectivity index (χ0v) is 13.6. The molecule has 2 saturated carbocycles. The molecule has 1 N–H and O–H groups in total. The molecule has 2 aliphatic carbocycles. The summed E-state index contributed by atoms with van der Waals surface area (Å²) in [7, 11) is 0. The first-order chi connectivity index (χ1) is 10.4. The van der Waals surface area contributed by atoms with E-state index in [1.165, 1.54) is 57.9 Å². The van der Waals surface area contributed by atoms with Crippen molar-refractivity contribution < 1.29 is 0 Å². The molecular weight excluding hydrogens is 254 g/mol. The summed E-state index contributed by atoms with van der Waals surface area (Å²) < 4.78 is 0. The minimum absolute atomic E-state index is 0.762. The summed E-state index contributed by atoms with van der Waals surface area (Å²) in [4.78, 5) is 0. The molecule has 21 heavy (non-hydrogen) atoms. The fourth-order valence-electron chi connectivity index (χ4n) is 4.26. The average molecular weight is 285 g/mol. The minimum Gasteiger partial charge on any atom is -0.314 e. The van der Waals surface area contributed by atoms with Crippen LogP contribution in [0.1, 0.15) is 69.8 Å². The number of benzene rings is 1. The lowest BCUT2D eigenvalue weighted by molar-refractivity contribution is 0.282. The van der Waals surface area contributed by atoms with Gasteiger partial charge in [0, 0.05) is 6.04 Å². The van der Waals surface area contributed by atoms with E-state index in [0.29, 0.717) is 0 Å². The quantitative estimate of drug-likeness (QED) is 0.732. The van der Waals surface area contributed by atoms with E-state index in [4.69, 9.17) is 0 Å². The van der Waals surface area contributed by atoms with Crippen LogP contribution in [0.2, 0.25) is 0 Å². The summed E-state index contributed by atoms with van der Waals surface area (Å²) in [5.74, 6) is 2.70. The van der Waals surface area contributed by atoms with Crippen LogP contribution in [0.5, 0.6) is 0 Å². The van der Waals surface area contributed by atoms with Gasteiger partial charge in [0.1, 0.15) is 0 Å². The molecule has 0 amide bonds. The highest BCUT2D eigenvalue weighted by molar-refractivity contribution is 5.26. The Morgan fingerprint density at radius 1 is 1.10 bits per heavy atom. The fourth-order valence-corrected chi connectivity index (χ4v) is 4.26. The van der Waals surface area contributed by atoms with Crippen molar-refractivity contribution in [1.82, 2.24) is 5.32 Å². The Hall–Kier alpha value is -0.820. The Balaban J connectivity index is 1.57. The summed E-state index contributed by atoms with van der Waals surface area (Å²) in [6.07, 6.45) is 11.4. The maximum atomic E-state index is 3.88. The topological polar surface area (TPSA) is 12.0 Å². The van der Waals surface area contributed by atoms with Crippen molar-refractivity contribution in [3.63, 3.8) is 0 Å². The molecule has 2 fully saturated rings. The number of nitrogens with one attached hydrogen (secondary N) is 1. The van der Waals surface area contributed by atoms with Crippen molar-refractivity contribution in [3.8, 4) is 0 Å². The molecule has 1 aromatic rings. The Bertz CT molecular complexity index is 407. The predicted octanol–water partition coefficient (Wildman–Crippen LogP) is 5.13. The van der Waals surface area contributed by atoms with E-state index >= 15 is 0 Å². The molecule has 0 bridgehead atoms. The monoisotopic (exact) mass is 285 g/mol. The molecule has 3 atom stereocenters. The Kier molecular flexibility index (Phi) is 5.35. The molecule has 1 aromatic carbocycles. The lowest BCUT2D eigenvalue weighted by Gasteiger charge is -2.27. The summed E-state index contributed by atoms with van der Waals surface area (Å²) >= 11 is 0. The molecule has 0 aliphatic heterocycles. The maximum Gasteiger partial charge on any atom is 0.0104 e. The molecule has 1 heteroatoms. The van der Waals surface area contributed by atoms with Gasteiger partial charge in [0.05, 0.1) is 0 Å². The molecule has 0 saturated heterocycles. The summed E-state index contributed by atoms with van der Waals surface area (Å²) in [5, 5.41) is 3.88. The van der Waals surface area contributed by atoms with E-state index in [9.17, 15) is 0 Å². The maximum absolute atomic E-state index is 3.88. The number of rotatable bonds is 7. The molecule has 3 unspecified atom stereocenters. The van der Waals surface area contributed by atoms with E-state index in [1.807, 2.05) is 0 Å². The van der Waals surface area contributed by atoms with E-state index in [0.717, 1.165) is 23.8 Å². The second kappa shape index (κ2) is 7.45. The van der Waals surface area contributed by atoms with Gasteiger partial charge < -0.3 is 5.32 Å². The van der Waals surface area contributed by atoms with Crippen LogP contribution >= 0.6 is 0 Å². The predicted molar refractivity (Wildman–Crippen MR) is 90.6 cm³/mol. The normalized spacial score (nSPS) is 27.5. The van der Waals surface area contributed by atoms with Crippen molar-refractivity contribution in [1.29, 1.82) is 0 Å². The third-order valence-corrected chi connectivity index (χ3v) is 5.55. The highest BCUT2D eigenvalue weighted by Gasteiger charge is 2.43. The van der Waals surface area contributed by atoms with Crippen LogP contribution in [0, 0.1) is 11.8 Å². The highest BCUT2D eigenvalue weighted by Crippen LogP contribution is 2.51. The molecular formula is C20H31N. The first-order valence-electron chi connectivity index (χ1n) is 9.16. The third kappa shape index (κ3) is 4.10. The standard InChI is InChI=1S/C20H31N/c1-2-13-21-20(14-16-9-5-3-6-10-16)19-15-18(19)17-11-7-4-8-12-17/h4,7-8,11-12,16,18-21H,2-3,5-6,9-10,13-15H2,1H3. The van der Waals surface area contributed by atoms with E-state index in [1.54, 1.807) is 5.56 Å². The number of hydrogen-bond donors (Lipinski definition) is 1. The lowest BCUT2D eigenvalue weighted by atomic mass is 9.83. The molecule has 3 rings (SSSR count). The zero-order chi connectivity index (χ0) is 14.5. The molecule has 0 spiro atoms. The van der Waals surface area contributed by atoms with Gasteiger partial charge in [-0.1, -0.05) is 69.4 Å². The van der Waals surface area contributed by atoms with Crippen LogP contribution in [0.4, 0.5) is 0 Å². The molecule has 1 nitrogen and oxygen atoms in total. The first kappa shape index (κ1) is 15.1. The van der Waals surface area contributed by atoms with Crippen molar-refractivity contribution >= 4 is 0 Å². The van der Waals surface area contributed by atoms with Gasteiger partial charge in [0.25, 0.3) is 0 Å². The van der Waals surface area contributed by atoms with Gasteiger partial charge in [-0.15, -0.1) is 0 Å². The van der Waals surface area contributed by atoms with Gasteiger partial charge in [-0.25, -0.2) is 0 Å². The van der Waals surface area contributed by atoms with Crippen molar-refractivity contribution in [2.75, 3.05) is 6.54 Å². The Morgan fingerprint density at radius 3 is 2.57 bits per heavy atom. The van der Waals surface area contributed by atoms with Gasteiger partial charge in [-0.2, -0.15) is 0 Å². The summed E-state index contributed by atoms with van der Waals surface area (Å²) in [6.45, 7) is 3.47. The lowest BCUT2D eigenvalue weighted by Crippen LogP contribution is -2.34. The number of hydrogen-bond acceptors (Lipinski definition) is 1. The smallest absolute Gasteiger partial charge is 0.0104 e. The van der Waals surface area contributed by atoms with Crippen LogP contribution in [-0.2, 0) is 0 Å². The molecule has 2 aliphatic rings. The Labute approximate surface area is 130 Å². The second-order valence-electron chi connectivity index (χ2n) is 7.22. The largest absolute Gasteiger partial charge is 0.314 e. The average Bonchev–Trinajstić information content (AvgIpc) is 3.34. The van der Waals surface area contributed by atoms with Gasteiger partial charge in [-0.3, -0.25) is 0 Å². The molecule has 0 heterocycles. The molecule has 116 valence electrons. The van der Waals surface area contributed by atoms with Gasteiger partial charge >= 0.3 is 0 Å². The summed E-state index contributed by atoms with van der Waals surface area (Å²) in [5.41, 5.74) is 1.56. The van der Waals surface area contributed by atoms with Gasteiger partial charge in [-0.05, 0) is 49.1 Å². The second-order valence-corrected chi connectivity index (χ2v) is 7.22.